The summed E-state index contributed by atoms with van der Waals surface area (Å²) in [5.41, 5.74) is 0.599. The number of carbonyl (C=O) groups is 3. The third kappa shape index (κ3) is 2.71. The monoisotopic (exact) mass is 348 g/mol. The number of amides is 3. The van der Waals surface area contributed by atoms with Crippen molar-refractivity contribution in [2.24, 2.45) is 0 Å². The average molecular weight is 348 g/mol. The highest BCUT2D eigenvalue weighted by molar-refractivity contribution is 6.22. The summed E-state index contributed by atoms with van der Waals surface area (Å²) in [5, 5.41) is 6.61. The van der Waals surface area contributed by atoms with Gasteiger partial charge in [0.2, 0.25) is 5.91 Å². The number of imide groups is 1. The summed E-state index contributed by atoms with van der Waals surface area (Å²) in [7, 11) is 0. The molecule has 0 bridgehead atoms. The Kier molecular flexibility index (Phi) is 3.73. The lowest BCUT2D eigenvalue weighted by atomic mass is 10.1. The Morgan fingerprint density at radius 2 is 1.77 bits per heavy atom. The van der Waals surface area contributed by atoms with Gasteiger partial charge < -0.3 is 5.32 Å². The van der Waals surface area contributed by atoms with Crippen LogP contribution in [-0.4, -0.2) is 48.9 Å². The summed E-state index contributed by atoms with van der Waals surface area (Å²) in [4.78, 5) is 45.8. The zero-order valence-electron chi connectivity index (χ0n) is 13.4. The van der Waals surface area contributed by atoms with Crippen molar-refractivity contribution in [2.45, 2.75) is 0 Å². The first-order valence-electron chi connectivity index (χ1n) is 7.70. The molecule has 0 saturated heterocycles. The van der Waals surface area contributed by atoms with Crippen molar-refractivity contribution in [1.29, 1.82) is 0 Å². The SMILES string of the molecule is O=C(CN1C(=O)c2ccccc2C1=O)Nc1cc(-n2cccn2)ncn1. The summed E-state index contributed by atoms with van der Waals surface area (Å²) < 4.78 is 1.52. The van der Waals surface area contributed by atoms with Crippen molar-refractivity contribution < 1.29 is 14.4 Å². The molecule has 9 nitrogen and oxygen atoms in total. The van der Waals surface area contributed by atoms with Gasteiger partial charge in [0.25, 0.3) is 11.8 Å². The van der Waals surface area contributed by atoms with Crippen LogP contribution in [0.15, 0.2) is 55.1 Å². The van der Waals surface area contributed by atoms with E-state index in [1.807, 2.05) is 0 Å². The molecular weight excluding hydrogens is 336 g/mol. The Labute approximate surface area is 147 Å². The maximum atomic E-state index is 12.3. The Hall–Kier alpha value is -3.88. The standard InChI is InChI=1S/C17H12N6O3/c24-15(9-22-16(25)11-4-1-2-5-12(11)17(22)26)21-13-8-14(19-10-18-13)23-7-3-6-20-23/h1-8,10H,9H2,(H,18,19,21,24). The third-order valence-electron chi connectivity index (χ3n) is 3.84. The molecule has 3 heterocycles. The van der Waals surface area contributed by atoms with Crippen molar-refractivity contribution >= 4 is 23.5 Å². The molecule has 0 spiro atoms. The van der Waals surface area contributed by atoms with Crippen molar-refractivity contribution in [3.05, 3.63) is 66.2 Å². The summed E-state index contributed by atoms with van der Waals surface area (Å²) in [6.45, 7) is -0.395. The molecule has 0 radical (unpaired) electrons. The van der Waals surface area contributed by atoms with E-state index in [1.165, 1.54) is 17.1 Å². The summed E-state index contributed by atoms with van der Waals surface area (Å²) >= 11 is 0. The van der Waals surface area contributed by atoms with Gasteiger partial charge in [-0.25, -0.2) is 14.6 Å². The van der Waals surface area contributed by atoms with Crippen LogP contribution >= 0.6 is 0 Å². The Balaban J connectivity index is 1.48. The lowest BCUT2D eigenvalue weighted by Crippen LogP contribution is -2.37. The van der Waals surface area contributed by atoms with Gasteiger partial charge in [-0.2, -0.15) is 5.10 Å². The van der Waals surface area contributed by atoms with Crippen LogP contribution in [0.2, 0.25) is 0 Å². The number of hydrogen-bond donors (Lipinski definition) is 1. The number of hydrogen-bond acceptors (Lipinski definition) is 6. The van der Waals surface area contributed by atoms with Crippen LogP contribution in [0, 0.1) is 0 Å². The molecular formula is C17H12N6O3. The molecule has 0 saturated carbocycles. The third-order valence-corrected chi connectivity index (χ3v) is 3.84. The fourth-order valence-corrected chi connectivity index (χ4v) is 2.65. The van der Waals surface area contributed by atoms with E-state index in [1.54, 1.807) is 42.7 Å². The number of fused-ring (bicyclic) bond motifs is 1. The highest BCUT2D eigenvalue weighted by Crippen LogP contribution is 2.22. The molecule has 0 fully saturated rings. The molecule has 26 heavy (non-hydrogen) atoms. The number of benzene rings is 1. The number of rotatable bonds is 4. The molecule has 1 N–H and O–H groups in total. The first-order valence-corrected chi connectivity index (χ1v) is 7.70. The van der Waals surface area contributed by atoms with E-state index in [-0.39, 0.29) is 5.82 Å². The number of carbonyl (C=O) groups excluding carboxylic acids is 3. The summed E-state index contributed by atoms with van der Waals surface area (Å²) in [6, 6.07) is 9.75. The average Bonchev–Trinajstić information content (AvgIpc) is 3.26. The van der Waals surface area contributed by atoms with Gasteiger partial charge >= 0.3 is 0 Å². The lowest BCUT2D eigenvalue weighted by Gasteiger charge is -2.13. The van der Waals surface area contributed by atoms with Crippen LogP contribution in [-0.2, 0) is 4.79 Å². The van der Waals surface area contributed by atoms with Crippen molar-refractivity contribution in [3.63, 3.8) is 0 Å². The van der Waals surface area contributed by atoms with E-state index in [4.69, 9.17) is 0 Å². The fraction of sp³-hybridized carbons (Fsp3) is 0.0588. The van der Waals surface area contributed by atoms with Gasteiger partial charge in [0.05, 0.1) is 11.1 Å². The van der Waals surface area contributed by atoms with E-state index in [2.05, 4.69) is 20.4 Å². The smallest absolute Gasteiger partial charge is 0.262 e. The second-order valence-electron chi connectivity index (χ2n) is 5.50. The molecule has 3 aromatic rings. The molecule has 4 rings (SSSR count). The minimum Gasteiger partial charge on any atom is -0.309 e. The van der Waals surface area contributed by atoms with Crippen LogP contribution in [0.1, 0.15) is 20.7 Å². The predicted octanol–water partition coefficient (Wildman–Crippen LogP) is 0.897. The number of nitrogens with one attached hydrogen (secondary N) is 1. The highest BCUT2D eigenvalue weighted by atomic mass is 16.2. The maximum absolute atomic E-state index is 12.3. The fourth-order valence-electron chi connectivity index (χ4n) is 2.65. The van der Waals surface area contributed by atoms with Crippen molar-refractivity contribution in [1.82, 2.24) is 24.6 Å². The van der Waals surface area contributed by atoms with Crippen LogP contribution in [0.4, 0.5) is 5.82 Å². The van der Waals surface area contributed by atoms with Gasteiger partial charge in [-0.3, -0.25) is 19.3 Å². The van der Waals surface area contributed by atoms with Gasteiger partial charge in [0.15, 0.2) is 5.82 Å². The molecule has 1 aliphatic rings. The Bertz CT molecular complexity index is 980. The topological polar surface area (TPSA) is 110 Å². The Morgan fingerprint density at radius 3 is 2.42 bits per heavy atom. The first kappa shape index (κ1) is 15.6. The summed E-state index contributed by atoms with van der Waals surface area (Å²) in [6.07, 6.45) is 4.59. The molecule has 0 atom stereocenters. The molecule has 0 unspecified atom stereocenters. The van der Waals surface area contributed by atoms with Crippen LogP contribution < -0.4 is 5.32 Å². The maximum Gasteiger partial charge on any atom is 0.262 e. The molecule has 9 heteroatoms. The van der Waals surface area contributed by atoms with E-state index in [9.17, 15) is 14.4 Å². The molecule has 128 valence electrons. The van der Waals surface area contributed by atoms with Gasteiger partial charge in [-0.15, -0.1) is 0 Å². The molecule has 1 aromatic carbocycles. The zero-order chi connectivity index (χ0) is 18.1. The number of nitrogens with zero attached hydrogens (tertiary/aromatic N) is 5. The van der Waals surface area contributed by atoms with E-state index >= 15 is 0 Å². The second kappa shape index (κ2) is 6.20. The van der Waals surface area contributed by atoms with Crippen molar-refractivity contribution in [3.8, 4) is 5.82 Å². The lowest BCUT2D eigenvalue weighted by molar-refractivity contribution is -0.116. The number of aromatic nitrogens is 4. The van der Waals surface area contributed by atoms with E-state index < -0.39 is 24.3 Å². The largest absolute Gasteiger partial charge is 0.309 e. The van der Waals surface area contributed by atoms with E-state index in [0.29, 0.717) is 16.9 Å². The number of anilines is 1. The van der Waals surface area contributed by atoms with Gasteiger partial charge in [-0.05, 0) is 18.2 Å². The quantitative estimate of drug-likeness (QED) is 0.701. The predicted molar refractivity (Wildman–Crippen MR) is 89.6 cm³/mol. The van der Waals surface area contributed by atoms with Crippen LogP contribution in [0.25, 0.3) is 5.82 Å². The minimum atomic E-state index is -0.537. The first-order chi connectivity index (χ1) is 12.6. The Morgan fingerprint density at radius 1 is 1.04 bits per heavy atom. The molecule has 1 aliphatic heterocycles. The minimum absolute atomic E-state index is 0.243. The summed E-state index contributed by atoms with van der Waals surface area (Å²) in [5.74, 6) is -0.793. The zero-order valence-corrected chi connectivity index (χ0v) is 13.4. The molecule has 0 aliphatic carbocycles. The molecule has 2 aromatic heterocycles. The van der Waals surface area contributed by atoms with Gasteiger partial charge in [-0.1, -0.05) is 12.1 Å². The normalized spacial score (nSPS) is 13.0. The van der Waals surface area contributed by atoms with Crippen LogP contribution in [0.3, 0.4) is 0 Å². The van der Waals surface area contributed by atoms with E-state index in [0.717, 1.165) is 4.90 Å². The van der Waals surface area contributed by atoms with Crippen LogP contribution in [0.5, 0.6) is 0 Å². The highest BCUT2D eigenvalue weighted by Gasteiger charge is 2.36. The second-order valence-corrected chi connectivity index (χ2v) is 5.50. The van der Waals surface area contributed by atoms with Crippen molar-refractivity contribution in [2.75, 3.05) is 11.9 Å². The molecule has 3 amide bonds. The van der Waals surface area contributed by atoms with Gasteiger partial charge in [0.1, 0.15) is 18.7 Å². The van der Waals surface area contributed by atoms with Gasteiger partial charge in [0, 0.05) is 18.5 Å².